The fourth-order valence-corrected chi connectivity index (χ4v) is 0.330. The topological polar surface area (TPSA) is 25.8 Å². The molecule has 1 radical (unpaired) electrons. The van der Waals surface area contributed by atoms with E-state index >= 15 is 0 Å². The van der Waals surface area contributed by atoms with Gasteiger partial charge in [0.25, 0.3) is 0 Å². The molecule has 35 valence electrons. The Morgan fingerprint density at radius 3 is 2.29 bits per heavy atom. The Bertz CT molecular complexity index is 140. The molecule has 0 saturated carbocycles. The summed E-state index contributed by atoms with van der Waals surface area (Å²) in [6.07, 6.45) is 3.32. The summed E-state index contributed by atoms with van der Waals surface area (Å²) in [6, 6.07) is 1.76. The highest BCUT2D eigenvalue weighted by atomic mass is 14.8. The van der Waals surface area contributed by atoms with E-state index in [1.54, 1.807) is 18.5 Å². The second-order valence-corrected chi connectivity index (χ2v) is 1.17. The maximum Gasteiger partial charge on any atom is 1.00 e. The van der Waals surface area contributed by atoms with Crippen LogP contribution in [0.1, 0.15) is 7.25 Å². The van der Waals surface area contributed by atoms with E-state index in [1.165, 1.54) is 0 Å². The Morgan fingerprint density at radius 2 is 2.00 bits per heavy atom. The van der Waals surface area contributed by atoms with E-state index < -0.39 is 0 Å². The van der Waals surface area contributed by atoms with Crippen LogP contribution in [0, 0.1) is 6.92 Å². The third kappa shape index (κ3) is 0.961. The summed E-state index contributed by atoms with van der Waals surface area (Å²) < 4.78 is 0. The van der Waals surface area contributed by atoms with Gasteiger partial charge in [0.05, 0.1) is 0 Å². The van der Waals surface area contributed by atoms with Gasteiger partial charge in [0.2, 0.25) is 0 Å². The molecule has 0 aliphatic heterocycles. The van der Waals surface area contributed by atoms with Gasteiger partial charge in [0.1, 0.15) is 5.82 Å². The highest BCUT2D eigenvalue weighted by Crippen LogP contribution is 1.78. The molecule has 7 heavy (non-hydrogen) atoms. The first-order valence-electron chi connectivity index (χ1n) is 1.98. The van der Waals surface area contributed by atoms with Crippen LogP contribution in [0.2, 0.25) is 0 Å². The zero-order chi connectivity index (χ0) is 5.11. The van der Waals surface area contributed by atoms with Gasteiger partial charge in [-0.15, -0.1) is 0 Å². The van der Waals surface area contributed by atoms with Gasteiger partial charge < -0.3 is 0 Å². The zero-order valence-corrected chi connectivity index (χ0v) is 3.83. The number of hydrogen-bond acceptors (Lipinski definition) is 2. The fraction of sp³-hybridized carbons (Fsp3) is 0. The molecule has 0 unspecified atom stereocenters. The monoisotopic (exact) mass is 94.1 g/mol. The summed E-state index contributed by atoms with van der Waals surface area (Å²) in [7, 11) is 0. The molecule has 1 aromatic rings. The maximum absolute atomic E-state index is 3.76. The van der Waals surface area contributed by atoms with Gasteiger partial charge >= 0.3 is 1.43 Å². The van der Waals surface area contributed by atoms with E-state index in [9.17, 15) is 0 Å². The van der Waals surface area contributed by atoms with Crippen molar-refractivity contribution < 1.29 is 1.43 Å². The molecule has 1 aromatic heterocycles. The molecule has 0 aromatic carbocycles. The average molecular weight is 94.1 g/mol. The Hall–Kier alpha value is -0.920. The lowest BCUT2D eigenvalue weighted by Gasteiger charge is -1.81. The van der Waals surface area contributed by atoms with Crippen molar-refractivity contribution in [2.24, 2.45) is 0 Å². The van der Waals surface area contributed by atoms with Crippen molar-refractivity contribution >= 4 is 0 Å². The van der Waals surface area contributed by atoms with Crippen LogP contribution in [-0.4, -0.2) is 9.97 Å². The molecule has 0 bridgehead atoms. The van der Waals surface area contributed by atoms with Crippen molar-refractivity contribution in [1.29, 1.82) is 0 Å². The normalized spacial score (nSPS) is 8.71. The Labute approximate surface area is 43.7 Å². The lowest BCUT2D eigenvalue weighted by molar-refractivity contribution is 1.11. The summed E-state index contributed by atoms with van der Waals surface area (Å²) in [4.78, 5) is 7.51. The molecule has 0 aliphatic carbocycles. The standard InChI is InChI=1S/C5H5N2/c1-5-6-3-2-4-7-5/h2-4H,1H2/p+1. The number of rotatable bonds is 0. The van der Waals surface area contributed by atoms with Gasteiger partial charge in [-0.05, 0) is 6.07 Å². The number of aromatic nitrogens is 2. The predicted molar refractivity (Wildman–Crippen MR) is 27.6 cm³/mol. The highest BCUT2D eigenvalue weighted by molar-refractivity contribution is 4.90. The van der Waals surface area contributed by atoms with Gasteiger partial charge in [-0.25, -0.2) is 9.97 Å². The first-order valence-corrected chi connectivity index (χ1v) is 1.98. The summed E-state index contributed by atoms with van der Waals surface area (Å²) in [5.74, 6) is 0.572. The highest BCUT2D eigenvalue weighted by Gasteiger charge is 1.75. The lowest BCUT2D eigenvalue weighted by atomic mass is 10.6. The molecule has 0 aliphatic rings. The summed E-state index contributed by atoms with van der Waals surface area (Å²) in [5, 5.41) is 0. The Kier molecular flexibility index (Phi) is 1.02. The zero-order valence-electron chi connectivity index (χ0n) is 4.83. The van der Waals surface area contributed by atoms with E-state index in [2.05, 4.69) is 16.9 Å². The molecular weight excluding hydrogens is 88.1 g/mol. The van der Waals surface area contributed by atoms with Crippen LogP contribution in [0.4, 0.5) is 0 Å². The average Bonchev–Trinajstić information content (AvgIpc) is 1.69. The van der Waals surface area contributed by atoms with Crippen LogP contribution in [0.15, 0.2) is 18.5 Å². The third-order valence-corrected chi connectivity index (χ3v) is 0.619. The Morgan fingerprint density at radius 1 is 1.43 bits per heavy atom. The predicted octanol–water partition coefficient (Wildman–Crippen LogP) is 0.771. The molecule has 0 N–H and O–H groups in total. The summed E-state index contributed by atoms with van der Waals surface area (Å²) in [5.41, 5.74) is 0. The van der Waals surface area contributed by atoms with Crippen LogP contribution in [0.25, 0.3) is 0 Å². The van der Waals surface area contributed by atoms with E-state index in [0.29, 0.717) is 5.82 Å². The van der Waals surface area contributed by atoms with Crippen LogP contribution in [-0.2, 0) is 0 Å². The van der Waals surface area contributed by atoms with Crippen LogP contribution in [0.3, 0.4) is 0 Å². The second kappa shape index (κ2) is 1.69. The molecule has 2 heteroatoms. The fourth-order valence-electron chi connectivity index (χ4n) is 0.330. The summed E-state index contributed by atoms with van der Waals surface area (Å²) in [6.45, 7) is 3.50. The molecule has 0 fully saturated rings. The van der Waals surface area contributed by atoms with E-state index in [1.807, 2.05) is 0 Å². The quantitative estimate of drug-likeness (QED) is 0.474. The minimum atomic E-state index is 0. The van der Waals surface area contributed by atoms with Gasteiger partial charge in [-0.1, -0.05) is 0 Å². The van der Waals surface area contributed by atoms with Crippen molar-refractivity contribution in [3.8, 4) is 0 Å². The molecule has 0 spiro atoms. The van der Waals surface area contributed by atoms with Crippen molar-refractivity contribution in [2.75, 3.05) is 0 Å². The lowest BCUT2D eigenvalue weighted by Crippen LogP contribution is -1.80. The minimum absolute atomic E-state index is 0. The molecule has 0 saturated heterocycles. The van der Waals surface area contributed by atoms with Crippen molar-refractivity contribution in [3.05, 3.63) is 31.2 Å². The molecule has 1 rings (SSSR count). The maximum atomic E-state index is 3.76. The van der Waals surface area contributed by atoms with Gasteiger partial charge in [0.15, 0.2) is 0 Å². The van der Waals surface area contributed by atoms with Crippen LogP contribution >= 0.6 is 0 Å². The molecule has 0 atom stereocenters. The number of nitrogens with zero attached hydrogens (tertiary/aromatic N) is 2. The molecule has 1 heterocycles. The Balaban J connectivity index is 0.000000490. The van der Waals surface area contributed by atoms with E-state index in [-0.39, 0.29) is 1.43 Å². The molecule has 0 amide bonds. The second-order valence-electron chi connectivity index (χ2n) is 1.17. The van der Waals surface area contributed by atoms with Gasteiger partial charge in [-0.3, -0.25) is 0 Å². The first kappa shape index (κ1) is 4.24. The SMILES string of the molecule is [CH2]c1ncccn1.[H+]. The van der Waals surface area contributed by atoms with E-state index in [4.69, 9.17) is 0 Å². The molecular formula is C5H6N2+. The number of hydrogen-bond donors (Lipinski definition) is 0. The van der Waals surface area contributed by atoms with Crippen molar-refractivity contribution in [3.63, 3.8) is 0 Å². The van der Waals surface area contributed by atoms with Crippen LogP contribution in [0.5, 0.6) is 0 Å². The largest absolute Gasteiger partial charge is 1.00 e. The third-order valence-electron chi connectivity index (χ3n) is 0.619. The van der Waals surface area contributed by atoms with Gasteiger partial charge in [-0.2, -0.15) is 0 Å². The van der Waals surface area contributed by atoms with E-state index in [0.717, 1.165) is 0 Å². The van der Waals surface area contributed by atoms with Crippen LogP contribution < -0.4 is 0 Å². The smallest absolute Gasteiger partial charge is 0.241 e. The summed E-state index contributed by atoms with van der Waals surface area (Å²) >= 11 is 0. The first-order chi connectivity index (χ1) is 3.39. The van der Waals surface area contributed by atoms with Gasteiger partial charge in [0, 0.05) is 19.3 Å². The van der Waals surface area contributed by atoms with Crippen molar-refractivity contribution in [1.82, 2.24) is 9.97 Å². The molecule has 2 nitrogen and oxygen atoms in total. The van der Waals surface area contributed by atoms with Crippen molar-refractivity contribution in [2.45, 2.75) is 0 Å². The minimum Gasteiger partial charge on any atom is -0.241 e.